The molecule has 0 heterocycles. The van der Waals surface area contributed by atoms with Crippen LogP contribution in [0.5, 0.6) is 0 Å². The topological polar surface area (TPSA) is 81.7 Å². The van der Waals surface area contributed by atoms with Gasteiger partial charge >= 0.3 is 11.9 Å². The van der Waals surface area contributed by atoms with E-state index in [0.29, 0.717) is 0 Å². The van der Waals surface area contributed by atoms with Crippen LogP contribution in [0.1, 0.15) is 20.8 Å². The van der Waals surface area contributed by atoms with Crippen LogP contribution in [0, 0.1) is 11.8 Å². The summed E-state index contributed by atoms with van der Waals surface area (Å²) in [5.74, 6) is -2.82. The molecule has 0 bridgehead atoms. The van der Waals surface area contributed by atoms with Gasteiger partial charge in [0.05, 0.1) is 14.2 Å². The molecule has 2 atom stereocenters. The van der Waals surface area contributed by atoms with E-state index in [2.05, 4.69) is 14.8 Å². The summed E-state index contributed by atoms with van der Waals surface area (Å²) in [5.41, 5.74) is 0. The lowest BCUT2D eigenvalue weighted by Crippen LogP contribution is -2.48. The third-order valence-electron chi connectivity index (χ3n) is 2.37. The Balaban J connectivity index is 4.62. The Morgan fingerprint density at radius 1 is 0.941 bits per heavy atom. The summed E-state index contributed by atoms with van der Waals surface area (Å²) in [6, 6.07) is -0.764. The number of ether oxygens (including phenoxy) is 2. The van der Waals surface area contributed by atoms with Gasteiger partial charge in [-0.3, -0.25) is 9.59 Å². The first-order valence-electron chi connectivity index (χ1n) is 5.31. The third-order valence-corrected chi connectivity index (χ3v) is 2.37. The molecule has 0 aromatic carbocycles. The van der Waals surface area contributed by atoms with Crippen molar-refractivity contribution in [2.24, 2.45) is 11.8 Å². The van der Waals surface area contributed by atoms with E-state index < -0.39 is 29.8 Å². The van der Waals surface area contributed by atoms with E-state index in [4.69, 9.17) is 0 Å². The molecule has 1 amide bonds. The van der Waals surface area contributed by atoms with Crippen molar-refractivity contribution >= 4 is 17.8 Å². The lowest BCUT2D eigenvalue weighted by Gasteiger charge is -2.21. The number of rotatable bonds is 5. The quantitative estimate of drug-likeness (QED) is 0.549. The number of methoxy groups -OCH3 is 2. The summed E-state index contributed by atoms with van der Waals surface area (Å²) in [7, 11) is 2.44. The van der Waals surface area contributed by atoms with Gasteiger partial charge in [-0.2, -0.15) is 0 Å². The van der Waals surface area contributed by atoms with Crippen molar-refractivity contribution in [2.75, 3.05) is 14.2 Å². The lowest BCUT2D eigenvalue weighted by atomic mass is 10.0. The Morgan fingerprint density at radius 3 is 1.76 bits per heavy atom. The molecule has 0 radical (unpaired) electrons. The Kier molecular flexibility index (Phi) is 6.23. The van der Waals surface area contributed by atoms with Crippen LogP contribution >= 0.6 is 0 Å². The van der Waals surface area contributed by atoms with Crippen molar-refractivity contribution in [3.8, 4) is 0 Å². The van der Waals surface area contributed by atoms with Gasteiger partial charge in [-0.15, -0.1) is 0 Å². The minimum Gasteiger partial charge on any atom is -0.468 e. The molecule has 0 spiro atoms. The first-order valence-corrected chi connectivity index (χ1v) is 5.31. The molecule has 0 aromatic rings. The van der Waals surface area contributed by atoms with Crippen LogP contribution in [0.3, 0.4) is 0 Å². The summed E-state index contributed by atoms with van der Waals surface area (Å²) in [5, 5.41) is 2.47. The molecule has 17 heavy (non-hydrogen) atoms. The predicted molar refractivity (Wildman–Crippen MR) is 60.0 cm³/mol. The molecule has 0 aliphatic rings. The molecule has 0 rings (SSSR count). The second kappa shape index (κ2) is 6.88. The van der Waals surface area contributed by atoms with Crippen LogP contribution in [0.25, 0.3) is 0 Å². The van der Waals surface area contributed by atoms with Crippen molar-refractivity contribution in [3.05, 3.63) is 0 Å². The van der Waals surface area contributed by atoms with Gasteiger partial charge in [-0.25, -0.2) is 4.79 Å². The molecule has 0 aliphatic heterocycles. The van der Waals surface area contributed by atoms with Crippen molar-refractivity contribution in [1.29, 1.82) is 0 Å². The third kappa shape index (κ3) is 4.42. The molecule has 1 N–H and O–H groups in total. The summed E-state index contributed by atoms with van der Waals surface area (Å²) < 4.78 is 9.02. The van der Waals surface area contributed by atoms with Crippen LogP contribution in [-0.2, 0) is 23.9 Å². The van der Waals surface area contributed by atoms with Crippen molar-refractivity contribution in [2.45, 2.75) is 26.8 Å². The molecule has 6 heteroatoms. The first kappa shape index (κ1) is 15.4. The highest BCUT2D eigenvalue weighted by Crippen LogP contribution is 2.06. The standard InChI is InChI=1S/C11H19NO5/c1-6(2)8(11(15)17-5)12-9(13)7(3)10(14)16-4/h6-8H,1-5H3,(H,12,13). The zero-order valence-electron chi connectivity index (χ0n) is 10.8. The van der Waals surface area contributed by atoms with Crippen molar-refractivity contribution in [1.82, 2.24) is 5.32 Å². The van der Waals surface area contributed by atoms with E-state index in [-0.39, 0.29) is 5.92 Å². The minimum atomic E-state index is -0.953. The van der Waals surface area contributed by atoms with Gasteiger partial charge in [0.25, 0.3) is 0 Å². The molecule has 98 valence electrons. The molecular weight excluding hydrogens is 226 g/mol. The molecule has 0 fully saturated rings. The highest BCUT2D eigenvalue weighted by Gasteiger charge is 2.29. The zero-order chi connectivity index (χ0) is 13.6. The Morgan fingerprint density at radius 2 is 1.41 bits per heavy atom. The van der Waals surface area contributed by atoms with Crippen LogP contribution in [0.2, 0.25) is 0 Å². The maximum Gasteiger partial charge on any atom is 0.328 e. The second-order valence-corrected chi connectivity index (χ2v) is 4.00. The van der Waals surface area contributed by atoms with Gasteiger partial charge in [0, 0.05) is 0 Å². The van der Waals surface area contributed by atoms with Crippen molar-refractivity contribution in [3.63, 3.8) is 0 Å². The van der Waals surface area contributed by atoms with E-state index in [1.165, 1.54) is 21.1 Å². The Hall–Kier alpha value is -1.59. The maximum atomic E-state index is 11.7. The van der Waals surface area contributed by atoms with Crippen LogP contribution in [0.15, 0.2) is 0 Å². The smallest absolute Gasteiger partial charge is 0.328 e. The fourth-order valence-corrected chi connectivity index (χ4v) is 1.19. The molecule has 6 nitrogen and oxygen atoms in total. The lowest BCUT2D eigenvalue weighted by molar-refractivity contribution is -0.152. The summed E-state index contributed by atoms with van der Waals surface area (Å²) in [4.78, 5) is 34.2. The molecule has 0 aromatic heterocycles. The fourth-order valence-electron chi connectivity index (χ4n) is 1.19. The maximum absolute atomic E-state index is 11.7. The first-order chi connectivity index (χ1) is 7.84. The number of carbonyl (C=O) groups is 3. The predicted octanol–water partition coefficient (Wildman–Crippen LogP) is 0.109. The van der Waals surface area contributed by atoms with Gasteiger partial charge in [0.2, 0.25) is 5.91 Å². The number of amides is 1. The van der Waals surface area contributed by atoms with E-state index in [0.717, 1.165) is 0 Å². The van der Waals surface area contributed by atoms with Gasteiger partial charge in [0.1, 0.15) is 12.0 Å². The number of esters is 2. The summed E-state index contributed by atoms with van der Waals surface area (Å²) in [6.45, 7) is 4.95. The van der Waals surface area contributed by atoms with Crippen LogP contribution < -0.4 is 5.32 Å². The average molecular weight is 245 g/mol. The highest BCUT2D eigenvalue weighted by atomic mass is 16.5. The van der Waals surface area contributed by atoms with Crippen LogP contribution in [0.4, 0.5) is 0 Å². The summed E-state index contributed by atoms with van der Waals surface area (Å²) >= 11 is 0. The largest absolute Gasteiger partial charge is 0.468 e. The van der Waals surface area contributed by atoms with Gasteiger partial charge in [0.15, 0.2) is 0 Å². The summed E-state index contributed by atoms with van der Waals surface area (Å²) in [6.07, 6.45) is 0. The van der Waals surface area contributed by atoms with E-state index in [9.17, 15) is 14.4 Å². The van der Waals surface area contributed by atoms with Gasteiger partial charge in [-0.1, -0.05) is 13.8 Å². The molecule has 0 aliphatic carbocycles. The van der Waals surface area contributed by atoms with Gasteiger partial charge in [-0.05, 0) is 12.8 Å². The van der Waals surface area contributed by atoms with Crippen LogP contribution in [-0.4, -0.2) is 38.1 Å². The number of carbonyl (C=O) groups excluding carboxylic acids is 3. The number of hydrogen-bond acceptors (Lipinski definition) is 5. The monoisotopic (exact) mass is 245 g/mol. The number of hydrogen-bond donors (Lipinski definition) is 1. The normalized spacial score (nSPS) is 13.8. The fraction of sp³-hybridized carbons (Fsp3) is 0.727. The van der Waals surface area contributed by atoms with E-state index >= 15 is 0 Å². The molecular formula is C11H19NO5. The van der Waals surface area contributed by atoms with Gasteiger partial charge < -0.3 is 14.8 Å². The molecule has 0 saturated carbocycles. The highest BCUT2D eigenvalue weighted by molar-refractivity contribution is 5.98. The molecule has 0 saturated heterocycles. The number of nitrogens with one attached hydrogen (secondary N) is 1. The Labute approximate surface area is 101 Å². The van der Waals surface area contributed by atoms with E-state index in [1.54, 1.807) is 13.8 Å². The van der Waals surface area contributed by atoms with E-state index in [1.807, 2.05) is 0 Å². The minimum absolute atomic E-state index is 0.128. The van der Waals surface area contributed by atoms with Crippen molar-refractivity contribution < 1.29 is 23.9 Å². The second-order valence-electron chi connectivity index (χ2n) is 4.00. The Bertz CT molecular complexity index is 300. The SMILES string of the molecule is COC(=O)C(C)C(=O)NC(C(=O)OC)C(C)C. The molecule has 2 unspecified atom stereocenters. The average Bonchev–Trinajstić information content (AvgIpc) is 2.32. The zero-order valence-corrected chi connectivity index (χ0v) is 10.8.